The molecular formula is C8H6BrNS. The molecule has 0 heterocycles. The Morgan fingerprint density at radius 2 is 2.18 bits per heavy atom. The summed E-state index contributed by atoms with van der Waals surface area (Å²) in [7, 11) is 0. The monoisotopic (exact) mass is 227 g/mol. The number of halogens is 1. The predicted molar refractivity (Wildman–Crippen MR) is 50.8 cm³/mol. The molecule has 0 saturated heterocycles. The first kappa shape index (κ1) is 8.63. The number of nitrogens with zero attached hydrogens (tertiary/aromatic N) is 1. The van der Waals surface area contributed by atoms with Crippen LogP contribution in [0.2, 0.25) is 0 Å². The van der Waals surface area contributed by atoms with Gasteiger partial charge >= 0.3 is 0 Å². The molecule has 1 aromatic rings. The van der Waals surface area contributed by atoms with Crippen molar-refractivity contribution in [2.24, 2.45) is 0 Å². The Hall–Kier alpha value is -0.460. The quantitative estimate of drug-likeness (QED) is 0.678. The number of nitriles is 1. The average molecular weight is 228 g/mol. The molecule has 1 aromatic carbocycles. The topological polar surface area (TPSA) is 23.8 Å². The normalized spacial score (nSPS) is 9.27. The lowest BCUT2D eigenvalue weighted by molar-refractivity contribution is 1.29. The van der Waals surface area contributed by atoms with Gasteiger partial charge in [-0.3, -0.25) is 0 Å². The maximum Gasteiger partial charge on any atom is 0.0992 e. The summed E-state index contributed by atoms with van der Waals surface area (Å²) < 4.78 is 0.958. The SMILES string of the molecule is Cc1cc(C#N)cc(S)c1Br. The highest BCUT2D eigenvalue weighted by atomic mass is 79.9. The lowest BCUT2D eigenvalue weighted by Crippen LogP contribution is -1.81. The largest absolute Gasteiger partial charge is 0.192 e. The number of benzene rings is 1. The molecule has 0 saturated carbocycles. The molecule has 0 aromatic heterocycles. The smallest absolute Gasteiger partial charge is 0.0992 e. The van der Waals surface area contributed by atoms with Gasteiger partial charge < -0.3 is 0 Å². The van der Waals surface area contributed by atoms with Crippen LogP contribution in [0.5, 0.6) is 0 Å². The van der Waals surface area contributed by atoms with Gasteiger partial charge in [0, 0.05) is 9.37 Å². The summed E-state index contributed by atoms with van der Waals surface area (Å²) in [5.74, 6) is 0. The summed E-state index contributed by atoms with van der Waals surface area (Å²) in [6, 6.07) is 5.63. The van der Waals surface area contributed by atoms with Crippen LogP contribution in [0, 0.1) is 18.3 Å². The third-order valence-corrected chi connectivity index (χ3v) is 3.08. The molecule has 0 amide bonds. The van der Waals surface area contributed by atoms with Crippen LogP contribution in [0.1, 0.15) is 11.1 Å². The van der Waals surface area contributed by atoms with Crippen molar-refractivity contribution >= 4 is 28.6 Å². The predicted octanol–water partition coefficient (Wildman–Crippen LogP) is 2.92. The first-order valence-corrected chi connectivity index (χ1v) is 4.28. The van der Waals surface area contributed by atoms with E-state index in [0.29, 0.717) is 5.56 Å². The van der Waals surface area contributed by atoms with Gasteiger partial charge in [0.2, 0.25) is 0 Å². The van der Waals surface area contributed by atoms with Crippen LogP contribution in [-0.2, 0) is 0 Å². The van der Waals surface area contributed by atoms with Crippen LogP contribution in [-0.4, -0.2) is 0 Å². The summed E-state index contributed by atoms with van der Waals surface area (Å²) in [4.78, 5) is 0.807. The second-order valence-electron chi connectivity index (χ2n) is 2.24. The summed E-state index contributed by atoms with van der Waals surface area (Å²) in [5, 5.41) is 8.58. The minimum Gasteiger partial charge on any atom is -0.192 e. The number of hydrogen-bond acceptors (Lipinski definition) is 2. The van der Waals surface area contributed by atoms with Crippen molar-refractivity contribution < 1.29 is 0 Å². The van der Waals surface area contributed by atoms with Gasteiger partial charge in [0.15, 0.2) is 0 Å². The fourth-order valence-corrected chi connectivity index (χ4v) is 1.36. The number of hydrogen-bond donors (Lipinski definition) is 1. The van der Waals surface area contributed by atoms with Crippen LogP contribution in [0.4, 0.5) is 0 Å². The van der Waals surface area contributed by atoms with E-state index in [1.807, 2.05) is 13.0 Å². The van der Waals surface area contributed by atoms with E-state index < -0.39 is 0 Å². The molecule has 0 N–H and O–H groups in total. The van der Waals surface area contributed by atoms with Gasteiger partial charge in [-0.05, 0) is 40.5 Å². The van der Waals surface area contributed by atoms with Crippen molar-refractivity contribution in [3.63, 3.8) is 0 Å². The molecule has 0 spiro atoms. The Bertz CT molecular complexity index is 304. The van der Waals surface area contributed by atoms with Crippen molar-refractivity contribution in [1.29, 1.82) is 5.26 Å². The lowest BCUT2D eigenvalue weighted by Gasteiger charge is -2.00. The van der Waals surface area contributed by atoms with E-state index in [2.05, 4.69) is 34.6 Å². The van der Waals surface area contributed by atoms with Crippen LogP contribution in [0.3, 0.4) is 0 Å². The van der Waals surface area contributed by atoms with Crippen LogP contribution in [0.15, 0.2) is 21.5 Å². The van der Waals surface area contributed by atoms with Gasteiger partial charge in [0.1, 0.15) is 0 Å². The molecule has 0 atom stereocenters. The molecular weight excluding hydrogens is 222 g/mol. The van der Waals surface area contributed by atoms with Gasteiger partial charge in [0.05, 0.1) is 11.6 Å². The lowest BCUT2D eigenvalue weighted by atomic mass is 10.2. The van der Waals surface area contributed by atoms with E-state index in [9.17, 15) is 0 Å². The van der Waals surface area contributed by atoms with E-state index >= 15 is 0 Å². The standard InChI is InChI=1S/C8H6BrNS/c1-5-2-6(4-10)3-7(11)8(5)9/h2-3,11H,1H3. The third-order valence-electron chi connectivity index (χ3n) is 1.36. The Morgan fingerprint density at radius 1 is 1.55 bits per heavy atom. The van der Waals surface area contributed by atoms with Crippen molar-refractivity contribution in [3.8, 4) is 6.07 Å². The first-order valence-electron chi connectivity index (χ1n) is 3.04. The zero-order chi connectivity index (χ0) is 8.43. The fourth-order valence-electron chi connectivity index (χ4n) is 0.815. The Balaban J connectivity index is 3.35. The summed E-state index contributed by atoms with van der Waals surface area (Å²) in [6.07, 6.45) is 0. The van der Waals surface area contributed by atoms with Crippen LogP contribution >= 0.6 is 28.6 Å². The molecule has 0 radical (unpaired) electrons. The van der Waals surface area contributed by atoms with Crippen LogP contribution < -0.4 is 0 Å². The second kappa shape index (κ2) is 3.29. The second-order valence-corrected chi connectivity index (χ2v) is 3.51. The van der Waals surface area contributed by atoms with E-state index in [4.69, 9.17) is 5.26 Å². The number of thiol groups is 1. The summed E-state index contributed by atoms with van der Waals surface area (Å²) >= 11 is 7.55. The number of rotatable bonds is 0. The molecule has 11 heavy (non-hydrogen) atoms. The third kappa shape index (κ3) is 1.76. The molecule has 1 rings (SSSR count). The number of aryl methyl sites for hydroxylation is 1. The van der Waals surface area contributed by atoms with E-state index in [-0.39, 0.29) is 0 Å². The summed E-state index contributed by atoms with van der Waals surface area (Å²) in [5.41, 5.74) is 1.68. The van der Waals surface area contributed by atoms with Gasteiger partial charge in [0.25, 0.3) is 0 Å². The molecule has 0 fully saturated rings. The van der Waals surface area contributed by atoms with Crippen molar-refractivity contribution in [2.45, 2.75) is 11.8 Å². The van der Waals surface area contributed by atoms with Crippen molar-refractivity contribution in [2.75, 3.05) is 0 Å². The van der Waals surface area contributed by atoms with E-state index in [0.717, 1.165) is 14.9 Å². The van der Waals surface area contributed by atoms with Gasteiger partial charge in [-0.25, -0.2) is 0 Å². The van der Waals surface area contributed by atoms with Gasteiger partial charge in [-0.2, -0.15) is 5.26 Å². The molecule has 56 valence electrons. The highest BCUT2D eigenvalue weighted by Crippen LogP contribution is 2.25. The molecule has 0 aliphatic rings. The van der Waals surface area contributed by atoms with Gasteiger partial charge in [-0.15, -0.1) is 12.6 Å². The highest BCUT2D eigenvalue weighted by Gasteiger charge is 2.01. The molecule has 0 unspecified atom stereocenters. The van der Waals surface area contributed by atoms with E-state index in [1.165, 1.54) is 0 Å². The van der Waals surface area contributed by atoms with E-state index in [1.54, 1.807) is 6.07 Å². The maximum absolute atomic E-state index is 8.58. The average Bonchev–Trinajstić information content (AvgIpc) is 1.99. The van der Waals surface area contributed by atoms with Crippen LogP contribution in [0.25, 0.3) is 0 Å². The Kier molecular flexibility index (Phi) is 2.58. The minimum atomic E-state index is 0.649. The molecule has 3 heteroatoms. The highest BCUT2D eigenvalue weighted by molar-refractivity contribution is 9.10. The minimum absolute atomic E-state index is 0.649. The van der Waals surface area contributed by atoms with Crippen molar-refractivity contribution in [3.05, 3.63) is 27.7 Å². The van der Waals surface area contributed by atoms with Crippen molar-refractivity contribution in [1.82, 2.24) is 0 Å². The molecule has 0 bridgehead atoms. The molecule has 1 nitrogen and oxygen atoms in total. The Morgan fingerprint density at radius 3 is 2.64 bits per heavy atom. The first-order chi connectivity index (χ1) is 5.15. The van der Waals surface area contributed by atoms with Gasteiger partial charge in [-0.1, -0.05) is 0 Å². The maximum atomic E-state index is 8.58. The summed E-state index contributed by atoms with van der Waals surface area (Å²) in [6.45, 7) is 1.94. The zero-order valence-electron chi connectivity index (χ0n) is 5.93. The Labute approximate surface area is 79.6 Å². The molecule has 0 aliphatic heterocycles. The fraction of sp³-hybridized carbons (Fsp3) is 0.125. The zero-order valence-corrected chi connectivity index (χ0v) is 8.41. The molecule has 0 aliphatic carbocycles.